The van der Waals surface area contributed by atoms with E-state index in [-0.39, 0.29) is 11.7 Å². The van der Waals surface area contributed by atoms with Gasteiger partial charge in [0.15, 0.2) is 11.0 Å². The first-order chi connectivity index (χ1) is 12.5. The number of rotatable bonds is 6. The third-order valence-electron chi connectivity index (χ3n) is 4.38. The molecule has 0 aliphatic heterocycles. The van der Waals surface area contributed by atoms with Gasteiger partial charge in [0.05, 0.1) is 12.1 Å². The van der Waals surface area contributed by atoms with Crippen molar-refractivity contribution in [1.29, 1.82) is 0 Å². The monoisotopic (exact) mass is 407 g/mol. The van der Waals surface area contributed by atoms with Crippen LogP contribution in [0.5, 0.6) is 0 Å². The van der Waals surface area contributed by atoms with Crippen molar-refractivity contribution in [2.75, 3.05) is 5.75 Å². The average molecular weight is 408 g/mol. The molecule has 0 amide bonds. The van der Waals surface area contributed by atoms with E-state index >= 15 is 0 Å². The van der Waals surface area contributed by atoms with Gasteiger partial charge in [-0.3, -0.25) is 4.57 Å². The summed E-state index contributed by atoms with van der Waals surface area (Å²) >= 11 is 13.8. The Kier molecular flexibility index (Phi) is 4.95. The molecule has 0 radical (unpaired) electrons. The molecule has 1 heterocycles. The maximum atomic E-state index is 14.3. The van der Waals surface area contributed by atoms with Gasteiger partial charge < -0.3 is 0 Å². The van der Waals surface area contributed by atoms with E-state index in [1.54, 1.807) is 30.0 Å². The van der Waals surface area contributed by atoms with Gasteiger partial charge in [-0.1, -0.05) is 54.2 Å². The minimum Gasteiger partial charge on any atom is -0.297 e. The summed E-state index contributed by atoms with van der Waals surface area (Å²) in [5.74, 6) is 1.22. The number of alkyl halides is 2. The van der Waals surface area contributed by atoms with Crippen molar-refractivity contribution in [2.45, 2.75) is 22.5 Å². The molecule has 1 aliphatic carbocycles. The molecule has 134 valence electrons. The van der Waals surface area contributed by atoms with Crippen LogP contribution in [0.2, 0.25) is 0 Å². The highest BCUT2D eigenvalue weighted by molar-refractivity contribution is 7.99. The Labute approximate surface area is 165 Å². The number of halogens is 3. The number of aromatic nitrogens is 3. The third-order valence-corrected chi connectivity index (χ3v) is 6.44. The van der Waals surface area contributed by atoms with Gasteiger partial charge in [0.1, 0.15) is 10.2 Å². The SMILES string of the molecule is Fc1ccccc1-c1nnc(SCC2CC2(Cl)Cl)n1Cc1ccccc1. The van der Waals surface area contributed by atoms with Crippen molar-refractivity contribution in [3.05, 3.63) is 66.0 Å². The summed E-state index contributed by atoms with van der Waals surface area (Å²) in [6.45, 7) is 0.567. The maximum Gasteiger partial charge on any atom is 0.191 e. The van der Waals surface area contributed by atoms with Gasteiger partial charge in [0.25, 0.3) is 0 Å². The second-order valence-corrected chi connectivity index (χ2v) is 8.86. The van der Waals surface area contributed by atoms with Gasteiger partial charge in [0.2, 0.25) is 0 Å². The van der Waals surface area contributed by atoms with Gasteiger partial charge in [-0.2, -0.15) is 0 Å². The number of hydrogen-bond acceptors (Lipinski definition) is 3. The summed E-state index contributed by atoms with van der Waals surface area (Å²) in [6.07, 6.45) is 0.788. The van der Waals surface area contributed by atoms with E-state index in [1.165, 1.54) is 6.07 Å². The van der Waals surface area contributed by atoms with Crippen LogP contribution >= 0.6 is 35.0 Å². The summed E-state index contributed by atoms with van der Waals surface area (Å²) in [5, 5.41) is 9.30. The van der Waals surface area contributed by atoms with Crippen LogP contribution in [-0.4, -0.2) is 24.9 Å². The Balaban J connectivity index is 1.66. The zero-order valence-electron chi connectivity index (χ0n) is 13.8. The first-order valence-corrected chi connectivity index (χ1v) is 10.0. The minimum absolute atomic E-state index is 0.245. The van der Waals surface area contributed by atoms with E-state index in [1.807, 2.05) is 34.9 Å². The minimum atomic E-state index is -0.619. The van der Waals surface area contributed by atoms with Crippen LogP contribution in [0.4, 0.5) is 4.39 Å². The summed E-state index contributed by atoms with van der Waals surface area (Å²) in [4.78, 5) is 0. The van der Waals surface area contributed by atoms with Crippen LogP contribution < -0.4 is 0 Å². The van der Waals surface area contributed by atoms with Gasteiger partial charge >= 0.3 is 0 Å². The quantitative estimate of drug-likeness (QED) is 0.403. The summed E-state index contributed by atoms with van der Waals surface area (Å²) in [7, 11) is 0. The van der Waals surface area contributed by atoms with Gasteiger partial charge in [-0.05, 0) is 24.1 Å². The molecule has 1 aliphatic rings. The molecule has 3 aromatic rings. The second-order valence-electron chi connectivity index (χ2n) is 6.33. The molecule has 1 aromatic heterocycles. The molecule has 1 atom stereocenters. The fourth-order valence-corrected chi connectivity index (χ4v) is 4.64. The predicted molar refractivity (Wildman–Crippen MR) is 104 cm³/mol. The highest BCUT2D eigenvalue weighted by atomic mass is 35.5. The van der Waals surface area contributed by atoms with Gasteiger partial charge in [0, 0.05) is 11.7 Å². The van der Waals surface area contributed by atoms with Gasteiger partial charge in [-0.15, -0.1) is 33.4 Å². The molecule has 26 heavy (non-hydrogen) atoms. The molecule has 0 bridgehead atoms. The highest BCUT2D eigenvalue weighted by Gasteiger charge is 2.51. The van der Waals surface area contributed by atoms with E-state index in [9.17, 15) is 4.39 Å². The molecular weight excluding hydrogens is 392 g/mol. The number of benzene rings is 2. The first kappa shape index (κ1) is 17.8. The molecule has 3 nitrogen and oxygen atoms in total. The fraction of sp³-hybridized carbons (Fsp3) is 0.263. The lowest BCUT2D eigenvalue weighted by Gasteiger charge is -2.11. The van der Waals surface area contributed by atoms with E-state index in [2.05, 4.69) is 10.2 Å². The number of hydrogen-bond donors (Lipinski definition) is 0. The molecule has 0 saturated heterocycles. The van der Waals surface area contributed by atoms with E-state index in [0.717, 1.165) is 22.9 Å². The number of thioether (sulfide) groups is 1. The molecule has 0 N–H and O–H groups in total. The zero-order chi connectivity index (χ0) is 18.1. The van der Waals surface area contributed by atoms with E-state index in [0.29, 0.717) is 17.9 Å². The van der Waals surface area contributed by atoms with Crippen LogP contribution in [0.15, 0.2) is 59.8 Å². The lowest BCUT2D eigenvalue weighted by atomic mass is 10.2. The van der Waals surface area contributed by atoms with Crippen LogP contribution in [0.1, 0.15) is 12.0 Å². The standard InChI is InChI=1S/C19H16Cl2FN3S/c20-19(21)10-14(19)12-26-18-24-23-17(15-8-4-5-9-16(15)22)25(18)11-13-6-2-1-3-7-13/h1-9,14H,10-12H2. The first-order valence-electron chi connectivity index (χ1n) is 8.27. The summed E-state index contributed by atoms with van der Waals surface area (Å²) < 4.78 is 15.6. The molecule has 0 spiro atoms. The topological polar surface area (TPSA) is 30.7 Å². The largest absolute Gasteiger partial charge is 0.297 e. The Hall–Kier alpha value is -1.56. The molecule has 1 unspecified atom stereocenters. The number of nitrogens with zero attached hydrogens (tertiary/aromatic N) is 3. The van der Waals surface area contributed by atoms with Crippen molar-refractivity contribution in [3.8, 4) is 11.4 Å². The average Bonchev–Trinajstić information content (AvgIpc) is 3.06. The summed E-state index contributed by atoms with van der Waals surface area (Å²) in [6, 6.07) is 16.6. The van der Waals surface area contributed by atoms with Crippen LogP contribution in [-0.2, 0) is 6.54 Å². The van der Waals surface area contributed by atoms with E-state index < -0.39 is 4.33 Å². The Bertz CT molecular complexity index is 914. The highest BCUT2D eigenvalue weighted by Crippen LogP contribution is 2.54. The van der Waals surface area contributed by atoms with Crippen molar-refractivity contribution < 1.29 is 4.39 Å². The lowest BCUT2D eigenvalue weighted by Crippen LogP contribution is -2.05. The van der Waals surface area contributed by atoms with Crippen molar-refractivity contribution in [1.82, 2.24) is 14.8 Å². The normalized spacial score (nSPS) is 18.0. The zero-order valence-corrected chi connectivity index (χ0v) is 16.1. The summed E-state index contributed by atoms with van der Waals surface area (Å²) in [5.41, 5.74) is 1.54. The van der Waals surface area contributed by atoms with Crippen LogP contribution in [0.25, 0.3) is 11.4 Å². The van der Waals surface area contributed by atoms with Crippen LogP contribution in [0.3, 0.4) is 0 Å². The predicted octanol–water partition coefficient (Wildman–Crippen LogP) is 5.42. The second kappa shape index (κ2) is 7.22. The molecular formula is C19H16Cl2FN3S. The Morgan fingerprint density at radius 3 is 2.46 bits per heavy atom. The molecule has 1 fully saturated rings. The fourth-order valence-electron chi connectivity index (χ4n) is 2.77. The Morgan fingerprint density at radius 1 is 1.08 bits per heavy atom. The molecule has 4 rings (SSSR count). The van der Waals surface area contributed by atoms with E-state index in [4.69, 9.17) is 23.2 Å². The van der Waals surface area contributed by atoms with Gasteiger partial charge in [-0.25, -0.2) is 4.39 Å². The maximum absolute atomic E-state index is 14.3. The van der Waals surface area contributed by atoms with Crippen molar-refractivity contribution in [2.24, 2.45) is 5.92 Å². The molecule has 1 saturated carbocycles. The van der Waals surface area contributed by atoms with Crippen LogP contribution in [0, 0.1) is 11.7 Å². The van der Waals surface area contributed by atoms with Crippen molar-refractivity contribution in [3.63, 3.8) is 0 Å². The Morgan fingerprint density at radius 2 is 1.77 bits per heavy atom. The molecule has 7 heteroatoms. The third kappa shape index (κ3) is 3.75. The van der Waals surface area contributed by atoms with Crippen molar-refractivity contribution >= 4 is 35.0 Å². The molecule has 2 aromatic carbocycles. The smallest absolute Gasteiger partial charge is 0.191 e. The lowest BCUT2D eigenvalue weighted by molar-refractivity contribution is 0.626.